The number of nitriles is 1. The Kier molecular flexibility index (Phi) is 4.84. The minimum absolute atomic E-state index is 0.432. The molecule has 0 bridgehead atoms. The predicted octanol–water partition coefficient (Wildman–Crippen LogP) is 8.40. The van der Waals surface area contributed by atoms with E-state index in [2.05, 4.69) is 52.3 Å². The molecule has 4 heteroatoms. The molecule has 2 aromatic heterocycles. The molecule has 0 saturated carbocycles. The van der Waals surface area contributed by atoms with Crippen molar-refractivity contribution in [3.8, 4) is 39.4 Å². The molecular formula is C31H17N3O. The molecule has 0 aliphatic rings. The molecule has 162 valence electrons. The van der Waals surface area contributed by atoms with Gasteiger partial charge in [0.25, 0.3) is 0 Å². The van der Waals surface area contributed by atoms with E-state index >= 15 is 0 Å². The van der Waals surface area contributed by atoms with Crippen LogP contribution >= 0.6 is 0 Å². The van der Waals surface area contributed by atoms with E-state index in [0.29, 0.717) is 11.3 Å². The lowest BCUT2D eigenvalue weighted by Crippen LogP contribution is -1.82. The molecule has 0 atom stereocenters. The van der Waals surface area contributed by atoms with Crippen molar-refractivity contribution in [3.63, 3.8) is 0 Å². The fraction of sp³-hybridized carbons (Fsp3) is 0. The lowest BCUT2D eigenvalue weighted by Gasteiger charge is -2.05. The number of para-hydroxylation sites is 2. The molecule has 6 rings (SSSR count). The summed E-state index contributed by atoms with van der Waals surface area (Å²) in [6.07, 6.45) is 3.63. The normalized spacial score (nSPS) is 10.8. The zero-order valence-electron chi connectivity index (χ0n) is 18.6. The molecule has 6 aromatic rings. The van der Waals surface area contributed by atoms with E-state index in [0.717, 1.165) is 55.3 Å². The summed E-state index contributed by atoms with van der Waals surface area (Å²) in [5.41, 5.74) is 8.34. The van der Waals surface area contributed by atoms with E-state index in [1.54, 1.807) is 24.4 Å². The summed E-state index contributed by atoms with van der Waals surface area (Å²) in [6, 6.07) is 31.9. The number of aromatic nitrogens is 1. The Bertz CT molecular complexity index is 1770. The number of fused-ring (bicyclic) bond motifs is 3. The summed E-state index contributed by atoms with van der Waals surface area (Å²) in [7, 11) is 0. The second kappa shape index (κ2) is 8.30. The van der Waals surface area contributed by atoms with Gasteiger partial charge < -0.3 is 4.42 Å². The van der Waals surface area contributed by atoms with Crippen LogP contribution in [-0.4, -0.2) is 4.98 Å². The highest BCUT2D eigenvalue weighted by atomic mass is 16.3. The van der Waals surface area contributed by atoms with E-state index < -0.39 is 0 Å². The van der Waals surface area contributed by atoms with Gasteiger partial charge in [0.15, 0.2) is 5.69 Å². The van der Waals surface area contributed by atoms with E-state index in [1.165, 1.54) is 0 Å². The molecule has 0 N–H and O–H groups in total. The Morgan fingerprint density at radius 3 is 2.03 bits per heavy atom. The molecular weight excluding hydrogens is 430 g/mol. The molecule has 0 spiro atoms. The van der Waals surface area contributed by atoms with Gasteiger partial charge in [-0.15, -0.1) is 0 Å². The zero-order valence-corrected chi connectivity index (χ0v) is 18.6. The molecule has 0 amide bonds. The maximum atomic E-state index is 9.43. The zero-order chi connectivity index (χ0) is 23.8. The molecule has 0 aliphatic heterocycles. The Morgan fingerprint density at radius 1 is 0.714 bits per heavy atom. The second-order valence-electron chi connectivity index (χ2n) is 8.28. The van der Waals surface area contributed by atoms with Crippen LogP contribution in [0.5, 0.6) is 0 Å². The van der Waals surface area contributed by atoms with Gasteiger partial charge in [0, 0.05) is 39.9 Å². The SMILES string of the molecule is [C-]#[N+]c1cc(C#N)cc(-c2cccc3c2oc2c(-c4ccc(-c5cccnc5)cc4)cccc23)c1. The van der Waals surface area contributed by atoms with Crippen molar-refractivity contribution < 1.29 is 4.42 Å². The average Bonchev–Trinajstić information content (AvgIpc) is 3.32. The third kappa shape index (κ3) is 3.51. The van der Waals surface area contributed by atoms with Crippen molar-refractivity contribution >= 4 is 27.6 Å². The fourth-order valence-corrected chi connectivity index (χ4v) is 4.55. The van der Waals surface area contributed by atoms with Gasteiger partial charge in [0.05, 0.1) is 12.6 Å². The number of furan rings is 1. The smallest absolute Gasteiger partial charge is 0.189 e. The van der Waals surface area contributed by atoms with Gasteiger partial charge in [-0.05, 0) is 46.5 Å². The highest BCUT2D eigenvalue weighted by Crippen LogP contribution is 2.40. The van der Waals surface area contributed by atoms with Crippen molar-refractivity contribution in [2.45, 2.75) is 0 Å². The van der Waals surface area contributed by atoms with Crippen LogP contribution in [0.25, 0.3) is 60.2 Å². The van der Waals surface area contributed by atoms with Crippen LogP contribution in [0.4, 0.5) is 5.69 Å². The molecule has 0 saturated heterocycles. The van der Waals surface area contributed by atoms with Gasteiger partial charge in [0.1, 0.15) is 11.2 Å². The minimum Gasteiger partial charge on any atom is -0.455 e. The maximum Gasteiger partial charge on any atom is 0.189 e. The van der Waals surface area contributed by atoms with Crippen LogP contribution in [0.2, 0.25) is 0 Å². The Morgan fingerprint density at radius 2 is 1.40 bits per heavy atom. The topological polar surface area (TPSA) is 54.2 Å². The molecule has 2 heterocycles. The third-order valence-corrected chi connectivity index (χ3v) is 6.20. The Labute approximate surface area is 202 Å². The molecule has 0 radical (unpaired) electrons. The van der Waals surface area contributed by atoms with Crippen LogP contribution in [0.15, 0.2) is 108 Å². The van der Waals surface area contributed by atoms with Gasteiger partial charge in [-0.3, -0.25) is 4.98 Å². The first-order valence-electron chi connectivity index (χ1n) is 11.1. The van der Waals surface area contributed by atoms with Crippen LogP contribution < -0.4 is 0 Å². The molecule has 0 aliphatic carbocycles. The summed E-state index contributed by atoms with van der Waals surface area (Å²) < 4.78 is 6.52. The van der Waals surface area contributed by atoms with Crippen molar-refractivity contribution in [3.05, 3.63) is 120 Å². The van der Waals surface area contributed by atoms with Gasteiger partial charge in [0.2, 0.25) is 0 Å². The molecule has 4 nitrogen and oxygen atoms in total. The van der Waals surface area contributed by atoms with Crippen molar-refractivity contribution in [2.75, 3.05) is 0 Å². The first-order valence-corrected chi connectivity index (χ1v) is 11.1. The van der Waals surface area contributed by atoms with Gasteiger partial charge >= 0.3 is 0 Å². The van der Waals surface area contributed by atoms with E-state index in [1.807, 2.05) is 42.6 Å². The van der Waals surface area contributed by atoms with Crippen LogP contribution in [-0.2, 0) is 0 Å². The van der Waals surface area contributed by atoms with Crippen LogP contribution in [0.3, 0.4) is 0 Å². The summed E-state index contributed by atoms with van der Waals surface area (Å²) in [5, 5.41) is 11.5. The summed E-state index contributed by atoms with van der Waals surface area (Å²) in [5.74, 6) is 0. The van der Waals surface area contributed by atoms with E-state index in [9.17, 15) is 5.26 Å². The second-order valence-corrected chi connectivity index (χ2v) is 8.28. The van der Waals surface area contributed by atoms with Crippen molar-refractivity contribution in [2.24, 2.45) is 0 Å². The number of hydrogen-bond acceptors (Lipinski definition) is 3. The fourth-order valence-electron chi connectivity index (χ4n) is 4.55. The summed E-state index contributed by atoms with van der Waals surface area (Å²) in [6.45, 7) is 7.41. The largest absolute Gasteiger partial charge is 0.455 e. The van der Waals surface area contributed by atoms with Crippen molar-refractivity contribution in [1.29, 1.82) is 5.26 Å². The standard InChI is InChI=1S/C31H17N3O/c1-33-25-16-20(18-32)15-24(17-25)27-7-3-9-29-28-8-2-6-26(30(28)35-31(27)29)22-12-10-21(11-13-22)23-5-4-14-34-19-23/h2-17,19H. The van der Waals surface area contributed by atoms with Crippen LogP contribution in [0.1, 0.15) is 5.56 Å². The number of pyridine rings is 1. The lowest BCUT2D eigenvalue weighted by atomic mass is 9.98. The van der Waals surface area contributed by atoms with Gasteiger partial charge in [-0.2, -0.15) is 5.26 Å². The highest BCUT2D eigenvalue weighted by molar-refractivity contribution is 6.13. The Hall–Kier alpha value is -5.19. The summed E-state index contributed by atoms with van der Waals surface area (Å²) in [4.78, 5) is 7.75. The monoisotopic (exact) mass is 447 g/mol. The maximum absolute atomic E-state index is 9.43. The number of benzene rings is 4. The predicted molar refractivity (Wildman–Crippen MR) is 139 cm³/mol. The van der Waals surface area contributed by atoms with Gasteiger partial charge in [-0.1, -0.05) is 66.7 Å². The quantitative estimate of drug-likeness (QED) is 0.256. The van der Waals surface area contributed by atoms with Crippen LogP contribution in [0, 0.1) is 17.9 Å². The van der Waals surface area contributed by atoms with E-state index in [4.69, 9.17) is 11.0 Å². The average molecular weight is 447 g/mol. The first-order chi connectivity index (χ1) is 17.2. The number of hydrogen-bond donors (Lipinski definition) is 0. The van der Waals surface area contributed by atoms with Crippen molar-refractivity contribution in [1.82, 2.24) is 4.98 Å². The Balaban J connectivity index is 1.52. The highest BCUT2D eigenvalue weighted by Gasteiger charge is 2.16. The molecule has 4 aromatic carbocycles. The molecule has 0 fully saturated rings. The number of nitrogens with zero attached hydrogens (tertiary/aromatic N) is 3. The minimum atomic E-state index is 0.432. The molecule has 0 unspecified atom stereocenters. The first kappa shape index (κ1) is 20.4. The number of rotatable bonds is 3. The summed E-state index contributed by atoms with van der Waals surface area (Å²) >= 11 is 0. The van der Waals surface area contributed by atoms with Gasteiger partial charge in [-0.25, -0.2) is 4.85 Å². The van der Waals surface area contributed by atoms with E-state index in [-0.39, 0.29) is 0 Å². The lowest BCUT2D eigenvalue weighted by molar-refractivity contribution is 0.671. The molecule has 35 heavy (non-hydrogen) atoms. The third-order valence-electron chi connectivity index (χ3n) is 6.20.